The van der Waals surface area contributed by atoms with Gasteiger partial charge >= 0.3 is 6.09 Å². The summed E-state index contributed by atoms with van der Waals surface area (Å²) in [7, 11) is 0. The molecular formula is C25H46N4O3S. The van der Waals surface area contributed by atoms with E-state index in [0.717, 1.165) is 57.9 Å². The molecule has 0 bridgehead atoms. The molecular weight excluding hydrogens is 436 g/mol. The van der Waals surface area contributed by atoms with Crippen molar-refractivity contribution in [3.63, 3.8) is 0 Å². The van der Waals surface area contributed by atoms with E-state index in [4.69, 9.17) is 22.7 Å². The monoisotopic (exact) mass is 482 g/mol. The third kappa shape index (κ3) is 7.81. The van der Waals surface area contributed by atoms with Gasteiger partial charge in [0.25, 0.3) is 0 Å². The van der Waals surface area contributed by atoms with Crippen molar-refractivity contribution < 1.29 is 14.3 Å². The summed E-state index contributed by atoms with van der Waals surface area (Å²) in [5, 5.41) is 6.21. The van der Waals surface area contributed by atoms with Gasteiger partial charge in [-0.15, -0.1) is 0 Å². The highest BCUT2D eigenvalue weighted by atomic mass is 32.1. The maximum absolute atomic E-state index is 13.1. The van der Waals surface area contributed by atoms with E-state index >= 15 is 0 Å². The van der Waals surface area contributed by atoms with E-state index in [9.17, 15) is 9.59 Å². The number of nitrogens with zero attached hydrogens (tertiary/aromatic N) is 1. The van der Waals surface area contributed by atoms with E-state index in [1.807, 2.05) is 4.90 Å². The Morgan fingerprint density at radius 2 is 1.85 bits per heavy atom. The highest BCUT2D eigenvalue weighted by Gasteiger charge is 2.42. The lowest BCUT2D eigenvalue weighted by Crippen LogP contribution is -2.58. The molecule has 1 saturated carbocycles. The number of likely N-dealkylation sites (tertiary alicyclic amines) is 1. The summed E-state index contributed by atoms with van der Waals surface area (Å²) < 4.78 is 5.37. The van der Waals surface area contributed by atoms with Crippen molar-refractivity contribution in [2.75, 3.05) is 19.7 Å². The van der Waals surface area contributed by atoms with Gasteiger partial charge in [-0.1, -0.05) is 53.3 Å². The largest absolute Gasteiger partial charge is 0.450 e. The number of amides is 2. The fourth-order valence-corrected chi connectivity index (χ4v) is 5.17. The van der Waals surface area contributed by atoms with E-state index in [2.05, 4.69) is 45.3 Å². The van der Waals surface area contributed by atoms with Crippen molar-refractivity contribution in [1.82, 2.24) is 15.5 Å². The first kappa shape index (κ1) is 27.8. The van der Waals surface area contributed by atoms with Gasteiger partial charge in [-0.25, -0.2) is 4.79 Å². The molecule has 0 aromatic heterocycles. The second-order valence-electron chi connectivity index (χ2n) is 10.8. The fraction of sp³-hybridized carbons (Fsp3) is 0.880. The molecule has 0 aromatic rings. The predicted molar refractivity (Wildman–Crippen MR) is 137 cm³/mol. The zero-order valence-corrected chi connectivity index (χ0v) is 22.1. The Morgan fingerprint density at radius 3 is 2.45 bits per heavy atom. The molecule has 2 atom stereocenters. The molecule has 1 aliphatic heterocycles. The van der Waals surface area contributed by atoms with E-state index in [1.165, 1.54) is 0 Å². The summed E-state index contributed by atoms with van der Waals surface area (Å²) in [5.74, 6) is 0.808. The summed E-state index contributed by atoms with van der Waals surface area (Å²) >= 11 is 5.94. The van der Waals surface area contributed by atoms with Crippen molar-refractivity contribution >= 4 is 29.2 Å². The molecule has 0 aromatic carbocycles. The van der Waals surface area contributed by atoms with Crippen LogP contribution >= 0.6 is 12.2 Å². The number of thiocarbonyl (C=S) groups is 1. The molecule has 1 saturated heterocycles. The van der Waals surface area contributed by atoms with Gasteiger partial charge in [0.1, 0.15) is 11.0 Å². The molecule has 33 heavy (non-hydrogen) atoms. The van der Waals surface area contributed by atoms with Gasteiger partial charge in [-0.2, -0.15) is 0 Å². The highest BCUT2D eigenvalue weighted by molar-refractivity contribution is 7.80. The normalized spacial score (nSPS) is 24.5. The van der Waals surface area contributed by atoms with Crippen LogP contribution in [0.15, 0.2) is 0 Å². The number of alkyl carbamates (subject to hydrolysis) is 1. The average molecular weight is 483 g/mol. The number of nitrogens with two attached hydrogens (primary N) is 1. The van der Waals surface area contributed by atoms with E-state index < -0.39 is 12.1 Å². The van der Waals surface area contributed by atoms with Crippen LogP contribution in [-0.2, 0) is 9.53 Å². The lowest BCUT2D eigenvalue weighted by atomic mass is 9.74. The number of carbonyl (C=O) groups excluding carboxylic acids is 2. The lowest BCUT2D eigenvalue weighted by molar-refractivity contribution is -0.124. The molecule has 0 unspecified atom stereocenters. The smallest absolute Gasteiger partial charge is 0.407 e. The SMILES string of the molecule is CCCCOC(=O)N[C@H](C(=S)N1CCC[C@H]1C(=O)NCC1CCC(N)CC1)C(C)(C)C(C)C. The zero-order valence-electron chi connectivity index (χ0n) is 21.3. The molecule has 2 rings (SSSR count). The molecule has 1 aliphatic carbocycles. The maximum Gasteiger partial charge on any atom is 0.407 e. The average Bonchev–Trinajstić information content (AvgIpc) is 3.26. The highest BCUT2D eigenvalue weighted by Crippen LogP contribution is 2.34. The number of hydrogen-bond acceptors (Lipinski definition) is 5. The van der Waals surface area contributed by atoms with Gasteiger partial charge in [0.05, 0.1) is 12.6 Å². The minimum absolute atomic E-state index is 0.0383. The van der Waals surface area contributed by atoms with Crippen LogP contribution in [0.3, 0.4) is 0 Å². The number of nitrogens with one attached hydrogen (secondary N) is 2. The van der Waals surface area contributed by atoms with Crippen LogP contribution < -0.4 is 16.4 Å². The first-order chi connectivity index (χ1) is 15.6. The molecule has 8 heteroatoms. The zero-order chi connectivity index (χ0) is 24.6. The lowest BCUT2D eigenvalue weighted by Gasteiger charge is -2.42. The van der Waals surface area contributed by atoms with Crippen LogP contribution in [-0.4, -0.2) is 59.7 Å². The molecule has 0 spiro atoms. The Balaban J connectivity index is 2.05. The van der Waals surface area contributed by atoms with Gasteiger partial charge in [-0.05, 0) is 62.2 Å². The Kier molecular flexibility index (Phi) is 10.9. The summed E-state index contributed by atoms with van der Waals surface area (Å²) in [4.78, 5) is 28.3. The number of rotatable bonds is 10. The van der Waals surface area contributed by atoms with Gasteiger partial charge in [0, 0.05) is 19.1 Å². The summed E-state index contributed by atoms with van der Waals surface area (Å²) in [6.45, 7) is 12.4. The molecule has 2 amide bonds. The van der Waals surface area contributed by atoms with Crippen molar-refractivity contribution in [3.05, 3.63) is 0 Å². The number of hydrogen-bond donors (Lipinski definition) is 3. The van der Waals surface area contributed by atoms with Gasteiger partial charge in [0.15, 0.2) is 0 Å². The van der Waals surface area contributed by atoms with Gasteiger partial charge < -0.3 is 26.0 Å². The Hall–Kier alpha value is -1.41. The van der Waals surface area contributed by atoms with E-state index in [-0.39, 0.29) is 23.3 Å². The molecule has 1 heterocycles. The topological polar surface area (TPSA) is 96.7 Å². The number of carbonyl (C=O) groups is 2. The third-order valence-corrected chi connectivity index (χ3v) is 8.24. The predicted octanol–water partition coefficient (Wildman–Crippen LogP) is 3.99. The second-order valence-corrected chi connectivity index (χ2v) is 11.2. The van der Waals surface area contributed by atoms with Crippen molar-refractivity contribution in [2.24, 2.45) is 23.0 Å². The fourth-order valence-electron chi connectivity index (χ4n) is 4.59. The van der Waals surface area contributed by atoms with Crippen LogP contribution in [0.4, 0.5) is 4.79 Å². The number of ether oxygens (including phenoxy) is 1. The molecule has 0 radical (unpaired) electrons. The summed E-state index contributed by atoms with van der Waals surface area (Å²) in [6.07, 6.45) is 7.25. The third-order valence-electron chi connectivity index (χ3n) is 7.77. The standard InChI is InChI=1S/C25H46N4O3S/c1-6-7-15-32-24(31)28-21(25(4,5)17(2)3)23(33)29-14-8-9-20(29)22(30)27-16-18-10-12-19(26)13-11-18/h17-21H,6-16,26H2,1-5H3,(H,27,30)(H,28,31)/t18?,19?,20-,21+/m0/s1. The second kappa shape index (κ2) is 12.9. The van der Waals surface area contributed by atoms with Crippen molar-refractivity contribution in [2.45, 2.75) is 104 Å². The molecule has 7 nitrogen and oxygen atoms in total. The maximum atomic E-state index is 13.1. The van der Waals surface area contributed by atoms with Crippen LogP contribution in [0.2, 0.25) is 0 Å². The first-order valence-electron chi connectivity index (χ1n) is 12.8. The minimum Gasteiger partial charge on any atom is -0.450 e. The molecule has 190 valence electrons. The molecule has 2 fully saturated rings. The Labute approximate surface area is 205 Å². The number of unbranched alkanes of at least 4 members (excludes halogenated alkanes) is 1. The minimum atomic E-state index is -0.444. The Morgan fingerprint density at radius 1 is 1.18 bits per heavy atom. The Bertz CT molecular complexity index is 662. The van der Waals surface area contributed by atoms with Crippen LogP contribution in [0, 0.1) is 17.3 Å². The van der Waals surface area contributed by atoms with E-state index in [0.29, 0.717) is 30.1 Å². The van der Waals surface area contributed by atoms with Crippen LogP contribution in [0.25, 0.3) is 0 Å². The first-order valence-corrected chi connectivity index (χ1v) is 13.3. The van der Waals surface area contributed by atoms with Crippen molar-refractivity contribution in [1.29, 1.82) is 0 Å². The molecule has 4 N–H and O–H groups in total. The molecule has 2 aliphatic rings. The van der Waals surface area contributed by atoms with Crippen molar-refractivity contribution in [3.8, 4) is 0 Å². The van der Waals surface area contributed by atoms with Crippen LogP contribution in [0.5, 0.6) is 0 Å². The summed E-state index contributed by atoms with van der Waals surface area (Å²) in [6, 6.07) is -0.372. The van der Waals surface area contributed by atoms with Crippen LogP contribution in [0.1, 0.15) is 86.0 Å². The summed E-state index contributed by atoms with van der Waals surface area (Å²) in [5.41, 5.74) is 5.71. The van der Waals surface area contributed by atoms with Gasteiger partial charge in [-0.3, -0.25) is 4.79 Å². The van der Waals surface area contributed by atoms with E-state index in [1.54, 1.807) is 0 Å². The van der Waals surface area contributed by atoms with Gasteiger partial charge in [0.2, 0.25) is 5.91 Å². The quantitative estimate of drug-likeness (QED) is 0.322.